The van der Waals surface area contributed by atoms with Gasteiger partial charge in [0.25, 0.3) is 0 Å². The molecule has 1 aliphatic carbocycles. The van der Waals surface area contributed by atoms with E-state index in [4.69, 9.17) is 9.47 Å². The number of allylic oxidation sites excluding steroid dienone is 2. The third kappa shape index (κ3) is 4.62. The topological polar surface area (TPSA) is 59.0 Å². The minimum absolute atomic E-state index is 0.251. The van der Waals surface area contributed by atoms with Crippen molar-refractivity contribution in [1.29, 1.82) is 0 Å². The number of fused-ring (bicyclic) bond motifs is 4. The Hall–Kier alpha value is -2.95. The maximum Gasteiger partial charge on any atom is 0.231 e. The van der Waals surface area contributed by atoms with Gasteiger partial charge in [0.15, 0.2) is 11.5 Å². The molecule has 1 atom stereocenters. The fraction of sp³-hybridized carbons (Fsp3) is 0.444. The Morgan fingerprint density at radius 1 is 0.969 bits per heavy atom. The lowest BCUT2D eigenvalue weighted by molar-refractivity contribution is -0.132. The molecule has 0 saturated heterocycles. The van der Waals surface area contributed by atoms with E-state index < -0.39 is 0 Å². The average molecular weight is 434 g/mol. The van der Waals surface area contributed by atoms with Gasteiger partial charge in [-0.15, -0.1) is 0 Å². The van der Waals surface area contributed by atoms with Crippen molar-refractivity contribution in [3.8, 4) is 17.2 Å². The van der Waals surface area contributed by atoms with Crippen molar-refractivity contribution in [1.82, 2.24) is 4.90 Å². The second-order valence-electron chi connectivity index (χ2n) is 9.14. The third-order valence-corrected chi connectivity index (χ3v) is 6.95. The summed E-state index contributed by atoms with van der Waals surface area (Å²) in [5.74, 6) is 2.58. The predicted molar refractivity (Wildman–Crippen MR) is 123 cm³/mol. The zero-order valence-electron chi connectivity index (χ0n) is 18.5. The van der Waals surface area contributed by atoms with Gasteiger partial charge in [-0.25, -0.2) is 0 Å². The Morgan fingerprint density at radius 3 is 2.53 bits per heavy atom. The Balaban J connectivity index is 1.41. The Morgan fingerprint density at radius 2 is 1.75 bits per heavy atom. The van der Waals surface area contributed by atoms with Crippen LogP contribution in [0.3, 0.4) is 0 Å². The fourth-order valence-electron chi connectivity index (χ4n) is 5.06. The number of carbonyl (C=O) groups is 1. The molecule has 32 heavy (non-hydrogen) atoms. The van der Waals surface area contributed by atoms with Crippen LogP contribution in [0.15, 0.2) is 42.5 Å². The first kappa shape index (κ1) is 20.9. The minimum Gasteiger partial charge on any atom is -0.508 e. The normalized spacial score (nSPS) is 20.2. The summed E-state index contributed by atoms with van der Waals surface area (Å²) in [5, 5.41) is 10.4. The number of rotatable bonds is 2. The van der Waals surface area contributed by atoms with Crippen LogP contribution in [0.5, 0.6) is 17.2 Å². The van der Waals surface area contributed by atoms with Crippen molar-refractivity contribution < 1.29 is 19.4 Å². The number of phenols is 1. The molecular weight excluding hydrogens is 402 g/mol. The zero-order valence-corrected chi connectivity index (χ0v) is 18.5. The Bertz CT molecular complexity index is 1030. The molecule has 0 spiro atoms. The van der Waals surface area contributed by atoms with E-state index in [1.54, 1.807) is 6.07 Å². The summed E-state index contributed by atoms with van der Waals surface area (Å²) in [6.45, 7) is 1.74. The molecule has 3 aliphatic rings. The first-order valence-corrected chi connectivity index (χ1v) is 11.8. The standard InChI is InChI=1S/C27H31NO4/c29-24-10-7-20-11-13-28(27(30)15-19-4-1-2-5-19)12-3-6-21-16-25-26(32-18-31-25)17-22(21)8-9-23(24)14-20/h1,4,7,10,14,16-17,19,29H,2-3,5-6,8-9,11-13,15,18H2. The van der Waals surface area contributed by atoms with Crippen LogP contribution in [-0.2, 0) is 30.5 Å². The van der Waals surface area contributed by atoms with Gasteiger partial charge in [0.1, 0.15) is 5.75 Å². The molecule has 0 radical (unpaired) electrons. The van der Waals surface area contributed by atoms with Gasteiger partial charge >= 0.3 is 0 Å². The fourth-order valence-corrected chi connectivity index (χ4v) is 5.06. The molecule has 1 amide bonds. The maximum atomic E-state index is 13.1. The molecule has 1 N–H and O–H groups in total. The van der Waals surface area contributed by atoms with Crippen molar-refractivity contribution >= 4 is 5.91 Å². The first-order chi connectivity index (χ1) is 15.7. The molecule has 5 nitrogen and oxygen atoms in total. The highest BCUT2D eigenvalue weighted by Crippen LogP contribution is 2.36. The Kier molecular flexibility index (Phi) is 6.06. The van der Waals surface area contributed by atoms with Crippen LogP contribution in [0.4, 0.5) is 0 Å². The van der Waals surface area contributed by atoms with E-state index in [1.165, 1.54) is 16.7 Å². The van der Waals surface area contributed by atoms with Crippen LogP contribution in [0.1, 0.15) is 47.9 Å². The minimum atomic E-state index is 0.251. The van der Waals surface area contributed by atoms with Crippen molar-refractivity contribution in [3.05, 3.63) is 64.7 Å². The summed E-state index contributed by atoms with van der Waals surface area (Å²) >= 11 is 0. The number of phenolic OH excluding ortho intramolecular Hbond substituents is 1. The van der Waals surface area contributed by atoms with Crippen molar-refractivity contribution in [3.63, 3.8) is 0 Å². The number of benzene rings is 2. The van der Waals surface area contributed by atoms with Crippen LogP contribution < -0.4 is 9.47 Å². The predicted octanol–water partition coefficient (Wildman–Crippen LogP) is 4.58. The molecule has 2 heterocycles. The summed E-state index contributed by atoms with van der Waals surface area (Å²) in [4.78, 5) is 15.2. The summed E-state index contributed by atoms with van der Waals surface area (Å²) in [5.41, 5.74) is 4.60. The van der Waals surface area contributed by atoms with E-state index in [1.807, 2.05) is 11.0 Å². The molecular formula is C27H31NO4. The largest absolute Gasteiger partial charge is 0.508 e. The van der Waals surface area contributed by atoms with E-state index in [9.17, 15) is 9.90 Å². The maximum absolute atomic E-state index is 13.1. The zero-order chi connectivity index (χ0) is 21.9. The molecule has 1 unspecified atom stereocenters. The van der Waals surface area contributed by atoms with Gasteiger partial charge in [-0.1, -0.05) is 24.3 Å². The van der Waals surface area contributed by atoms with E-state index in [0.29, 0.717) is 24.6 Å². The van der Waals surface area contributed by atoms with E-state index in [-0.39, 0.29) is 12.7 Å². The van der Waals surface area contributed by atoms with Gasteiger partial charge in [0.05, 0.1) is 0 Å². The van der Waals surface area contributed by atoms with Gasteiger partial charge in [-0.2, -0.15) is 0 Å². The SMILES string of the molecule is O=C(CC1C=CCC1)N1CCCc2cc3c(cc2CCc2cc(ccc2O)CC1)OCO3. The second-order valence-corrected chi connectivity index (χ2v) is 9.14. The number of aromatic hydroxyl groups is 1. The van der Waals surface area contributed by atoms with Gasteiger partial charge in [-0.3, -0.25) is 4.79 Å². The molecule has 2 bridgehead atoms. The molecule has 168 valence electrons. The van der Waals surface area contributed by atoms with Gasteiger partial charge < -0.3 is 19.5 Å². The van der Waals surface area contributed by atoms with Crippen LogP contribution in [-0.4, -0.2) is 35.8 Å². The lowest BCUT2D eigenvalue weighted by atomic mass is 9.95. The third-order valence-electron chi connectivity index (χ3n) is 6.95. The highest BCUT2D eigenvalue weighted by molar-refractivity contribution is 5.76. The number of aryl methyl sites for hydroxylation is 3. The van der Waals surface area contributed by atoms with Gasteiger partial charge in [0, 0.05) is 19.5 Å². The van der Waals surface area contributed by atoms with Crippen LogP contribution in [0.2, 0.25) is 0 Å². The highest BCUT2D eigenvalue weighted by Gasteiger charge is 2.21. The number of ether oxygens (including phenoxy) is 2. The van der Waals surface area contributed by atoms with Crippen LogP contribution in [0.25, 0.3) is 0 Å². The van der Waals surface area contributed by atoms with Crippen molar-refractivity contribution in [2.24, 2.45) is 5.92 Å². The van der Waals surface area contributed by atoms with Gasteiger partial charge in [-0.05, 0) is 91.3 Å². The number of nitrogens with zero attached hydrogens (tertiary/aromatic N) is 1. The number of amides is 1. The van der Waals surface area contributed by atoms with E-state index >= 15 is 0 Å². The molecule has 5 heteroatoms. The monoisotopic (exact) mass is 433 g/mol. The molecule has 2 aromatic rings. The summed E-state index contributed by atoms with van der Waals surface area (Å²) < 4.78 is 11.2. The number of hydrogen-bond acceptors (Lipinski definition) is 4. The number of hydrogen-bond donors (Lipinski definition) is 1. The lowest BCUT2D eigenvalue weighted by Crippen LogP contribution is -2.35. The summed E-state index contributed by atoms with van der Waals surface area (Å²) in [6, 6.07) is 10.1. The molecule has 2 aromatic carbocycles. The van der Waals surface area contributed by atoms with E-state index in [2.05, 4.69) is 30.4 Å². The lowest BCUT2D eigenvalue weighted by Gasteiger charge is -2.24. The molecule has 2 aliphatic heterocycles. The summed E-state index contributed by atoms with van der Waals surface area (Å²) in [6.07, 6.45) is 11.4. The highest BCUT2D eigenvalue weighted by atomic mass is 16.7. The van der Waals surface area contributed by atoms with Crippen molar-refractivity contribution in [2.45, 2.75) is 51.4 Å². The van der Waals surface area contributed by atoms with Crippen LogP contribution in [0, 0.1) is 5.92 Å². The van der Waals surface area contributed by atoms with Gasteiger partial charge in [0.2, 0.25) is 12.7 Å². The quantitative estimate of drug-likeness (QED) is 0.705. The van der Waals surface area contributed by atoms with Crippen molar-refractivity contribution in [2.75, 3.05) is 19.9 Å². The smallest absolute Gasteiger partial charge is 0.231 e. The van der Waals surface area contributed by atoms with Crippen LogP contribution >= 0.6 is 0 Å². The molecule has 5 rings (SSSR count). The Labute approximate surface area is 189 Å². The second kappa shape index (κ2) is 9.27. The first-order valence-electron chi connectivity index (χ1n) is 11.8. The van der Waals surface area contributed by atoms with E-state index in [0.717, 1.165) is 68.6 Å². The molecule has 0 fully saturated rings. The number of carbonyl (C=O) groups excluding carboxylic acids is 1. The average Bonchev–Trinajstić information content (AvgIpc) is 3.46. The molecule has 0 aromatic heterocycles. The molecule has 0 saturated carbocycles. The summed E-state index contributed by atoms with van der Waals surface area (Å²) in [7, 11) is 0.